The van der Waals surface area contributed by atoms with Gasteiger partial charge < -0.3 is 14.2 Å². The summed E-state index contributed by atoms with van der Waals surface area (Å²) in [7, 11) is 3.31. The highest BCUT2D eigenvalue weighted by atomic mass is 35.5. The van der Waals surface area contributed by atoms with Gasteiger partial charge in [0, 0.05) is 22.5 Å². The fourth-order valence-corrected chi connectivity index (χ4v) is 3.24. The first-order chi connectivity index (χ1) is 13.0. The van der Waals surface area contributed by atoms with E-state index < -0.39 is 0 Å². The number of benzene rings is 2. The third-order valence-corrected chi connectivity index (χ3v) is 5.02. The van der Waals surface area contributed by atoms with Crippen molar-refractivity contribution in [2.45, 2.75) is 11.4 Å². The number of hydrogen-bond acceptors (Lipinski definition) is 6. The van der Waals surface area contributed by atoms with Crippen molar-refractivity contribution >= 4 is 29.3 Å². The molecule has 140 valence electrons. The number of halogens is 1. The number of rotatable bonds is 7. The second-order valence-corrected chi connectivity index (χ2v) is 7.22. The van der Waals surface area contributed by atoms with Crippen molar-refractivity contribution < 1.29 is 14.1 Å². The number of aromatic nitrogens is 2. The number of carbonyl (C=O) groups excluding carboxylic acids is 1. The maximum Gasteiger partial charge on any atom is 0.246 e. The monoisotopic (exact) mass is 403 g/mol. The third kappa shape index (κ3) is 5.24. The Morgan fingerprint density at radius 3 is 2.78 bits per heavy atom. The summed E-state index contributed by atoms with van der Waals surface area (Å²) < 4.78 is 10.5. The van der Waals surface area contributed by atoms with Crippen LogP contribution in [0.25, 0.3) is 11.4 Å². The molecule has 27 heavy (non-hydrogen) atoms. The van der Waals surface area contributed by atoms with E-state index in [1.54, 1.807) is 31.2 Å². The van der Waals surface area contributed by atoms with Gasteiger partial charge in [-0.15, -0.1) is 11.8 Å². The summed E-state index contributed by atoms with van der Waals surface area (Å²) in [6.45, 7) is 0.247. The second kappa shape index (κ2) is 8.92. The first kappa shape index (κ1) is 19.3. The van der Waals surface area contributed by atoms with Crippen LogP contribution in [0.1, 0.15) is 5.89 Å². The molecule has 1 heterocycles. The van der Waals surface area contributed by atoms with Gasteiger partial charge in [0.1, 0.15) is 5.75 Å². The fraction of sp³-hybridized carbons (Fsp3) is 0.211. The molecule has 0 aliphatic rings. The van der Waals surface area contributed by atoms with Gasteiger partial charge in [-0.1, -0.05) is 28.9 Å². The Kier molecular flexibility index (Phi) is 6.36. The van der Waals surface area contributed by atoms with E-state index in [1.165, 1.54) is 11.8 Å². The fourth-order valence-electron chi connectivity index (χ4n) is 2.28. The summed E-state index contributed by atoms with van der Waals surface area (Å²) >= 11 is 7.32. The highest BCUT2D eigenvalue weighted by Gasteiger charge is 2.15. The normalized spacial score (nSPS) is 10.6. The Labute approximate surface area is 166 Å². The number of methoxy groups -OCH3 is 1. The molecule has 1 aromatic heterocycles. The van der Waals surface area contributed by atoms with Gasteiger partial charge >= 0.3 is 0 Å². The van der Waals surface area contributed by atoms with Gasteiger partial charge in [0.25, 0.3) is 0 Å². The molecule has 0 aliphatic heterocycles. The summed E-state index contributed by atoms with van der Waals surface area (Å²) in [5.74, 6) is 1.83. The van der Waals surface area contributed by atoms with Gasteiger partial charge in [0.2, 0.25) is 17.6 Å². The lowest BCUT2D eigenvalue weighted by Crippen LogP contribution is -2.27. The molecule has 0 N–H and O–H groups in total. The highest BCUT2D eigenvalue weighted by molar-refractivity contribution is 8.00. The van der Waals surface area contributed by atoms with E-state index >= 15 is 0 Å². The molecule has 6 nitrogen and oxygen atoms in total. The zero-order valence-electron chi connectivity index (χ0n) is 14.9. The Morgan fingerprint density at radius 1 is 1.26 bits per heavy atom. The van der Waals surface area contributed by atoms with Crippen LogP contribution in [0, 0.1) is 0 Å². The lowest BCUT2D eigenvalue weighted by molar-refractivity contribution is -0.127. The minimum absolute atomic E-state index is 0.0314. The van der Waals surface area contributed by atoms with E-state index in [9.17, 15) is 4.79 Å². The Hall–Kier alpha value is -2.51. The standard InChI is InChI=1S/C19H18ClN3O3S/c1-23(18(24)12-27-16-8-6-14(20)7-9-16)11-17-21-19(22-26-17)13-4-3-5-15(10-13)25-2/h3-10H,11-12H2,1-2H3. The quantitative estimate of drug-likeness (QED) is 0.552. The van der Waals surface area contributed by atoms with Crippen LogP contribution in [0.15, 0.2) is 57.9 Å². The van der Waals surface area contributed by atoms with Crippen molar-refractivity contribution in [3.8, 4) is 17.1 Å². The second-order valence-electron chi connectivity index (χ2n) is 5.74. The summed E-state index contributed by atoms with van der Waals surface area (Å²) in [6.07, 6.45) is 0. The zero-order chi connectivity index (χ0) is 19.2. The van der Waals surface area contributed by atoms with Crippen LogP contribution >= 0.6 is 23.4 Å². The van der Waals surface area contributed by atoms with Gasteiger partial charge in [-0.25, -0.2) is 0 Å². The number of amides is 1. The van der Waals surface area contributed by atoms with Crippen molar-refractivity contribution in [1.82, 2.24) is 15.0 Å². The molecule has 2 aromatic carbocycles. The molecule has 0 fully saturated rings. The van der Waals surface area contributed by atoms with Crippen molar-refractivity contribution in [3.05, 3.63) is 59.4 Å². The molecule has 8 heteroatoms. The molecule has 0 saturated carbocycles. The molecule has 3 rings (SSSR count). The first-order valence-electron chi connectivity index (χ1n) is 8.14. The molecule has 1 amide bonds. The summed E-state index contributed by atoms with van der Waals surface area (Å²) in [5.41, 5.74) is 0.789. The number of carbonyl (C=O) groups is 1. The van der Waals surface area contributed by atoms with Crippen molar-refractivity contribution in [2.75, 3.05) is 19.9 Å². The van der Waals surface area contributed by atoms with Crippen LogP contribution in [0.5, 0.6) is 5.75 Å². The maximum atomic E-state index is 12.3. The largest absolute Gasteiger partial charge is 0.497 e. The van der Waals surface area contributed by atoms with Crippen LogP contribution in [0.4, 0.5) is 0 Å². The van der Waals surface area contributed by atoms with Crippen LogP contribution in [-0.2, 0) is 11.3 Å². The molecule has 0 spiro atoms. The lowest BCUT2D eigenvalue weighted by atomic mass is 10.2. The van der Waals surface area contributed by atoms with Gasteiger partial charge in [0.05, 0.1) is 19.4 Å². The Morgan fingerprint density at radius 2 is 2.04 bits per heavy atom. The Bertz CT molecular complexity index is 915. The predicted molar refractivity (Wildman–Crippen MR) is 105 cm³/mol. The molecular weight excluding hydrogens is 386 g/mol. The number of thioether (sulfide) groups is 1. The van der Waals surface area contributed by atoms with E-state index in [-0.39, 0.29) is 12.5 Å². The SMILES string of the molecule is COc1cccc(-c2noc(CN(C)C(=O)CSc3ccc(Cl)cc3)n2)c1. The number of ether oxygens (including phenoxy) is 1. The number of hydrogen-bond donors (Lipinski definition) is 0. The topological polar surface area (TPSA) is 68.5 Å². The van der Waals surface area contributed by atoms with Crippen LogP contribution in [0.3, 0.4) is 0 Å². The van der Waals surface area contributed by atoms with Crippen molar-refractivity contribution in [2.24, 2.45) is 0 Å². The average molecular weight is 404 g/mol. The zero-order valence-corrected chi connectivity index (χ0v) is 16.5. The molecule has 0 atom stereocenters. The van der Waals surface area contributed by atoms with E-state index in [4.69, 9.17) is 20.9 Å². The van der Waals surface area contributed by atoms with E-state index in [0.29, 0.717) is 28.2 Å². The van der Waals surface area contributed by atoms with E-state index in [0.717, 1.165) is 10.5 Å². The lowest BCUT2D eigenvalue weighted by Gasteiger charge is -2.14. The Balaban J connectivity index is 1.57. The highest BCUT2D eigenvalue weighted by Crippen LogP contribution is 2.22. The minimum Gasteiger partial charge on any atom is -0.497 e. The van der Waals surface area contributed by atoms with E-state index in [1.807, 2.05) is 36.4 Å². The molecule has 0 saturated heterocycles. The van der Waals surface area contributed by atoms with Crippen LogP contribution in [-0.4, -0.2) is 40.9 Å². The van der Waals surface area contributed by atoms with Crippen LogP contribution < -0.4 is 4.74 Å². The summed E-state index contributed by atoms with van der Waals surface area (Å²) in [4.78, 5) is 19.2. The smallest absolute Gasteiger partial charge is 0.246 e. The first-order valence-corrected chi connectivity index (χ1v) is 9.51. The number of nitrogens with zero attached hydrogens (tertiary/aromatic N) is 3. The third-order valence-electron chi connectivity index (χ3n) is 3.77. The van der Waals surface area contributed by atoms with Gasteiger partial charge in [-0.2, -0.15) is 4.98 Å². The molecule has 0 bridgehead atoms. The van der Waals surface area contributed by atoms with E-state index in [2.05, 4.69) is 10.1 Å². The average Bonchev–Trinajstić information content (AvgIpc) is 3.15. The summed E-state index contributed by atoms with van der Waals surface area (Å²) in [5, 5.41) is 4.65. The molecule has 0 unspecified atom stereocenters. The molecule has 0 aliphatic carbocycles. The summed E-state index contributed by atoms with van der Waals surface area (Å²) in [6, 6.07) is 14.8. The molecule has 3 aromatic rings. The maximum absolute atomic E-state index is 12.3. The van der Waals surface area contributed by atoms with Crippen molar-refractivity contribution in [1.29, 1.82) is 0 Å². The predicted octanol–water partition coefficient (Wildman–Crippen LogP) is 4.15. The van der Waals surface area contributed by atoms with Crippen molar-refractivity contribution in [3.63, 3.8) is 0 Å². The van der Waals surface area contributed by atoms with Gasteiger partial charge in [0.15, 0.2) is 0 Å². The van der Waals surface area contributed by atoms with Gasteiger partial charge in [-0.05, 0) is 36.4 Å². The minimum atomic E-state index is -0.0314. The molecule has 0 radical (unpaired) electrons. The van der Waals surface area contributed by atoms with Gasteiger partial charge in [-0.3, -0.25) is 4.79 Å². The van der Waals surface area contributed by atoms with Crippen LogP contribution in [0.2, 0.25) is 5.02 Å². The molecular formula is C19H18ClN3O3S.